The molecule has 0 unspecified atom stereocenters. The summed E-state index contributed by atoms with van der Waals surface area (Å²) >= 11 is 1.80. The summed E-state index contributed by atoms with van der Waals surface area (Å²) in [5.74, 6) is 0. The monoisotopic (exact) mass is 296 g/mol. The molecule has 2 aromatic carbocycles. The number of hydrogen-bond donors (Lipinski definition) is 2. The van der Waals surface area contributed by atoms with Gasteiger partial charge < -0.3 is 10.3 Å². The van der Waals surface area contributed by atoms with E-state index in [-0.39, 0.29) is 0 Å². The van der Waals surface area contributed by atoms with E-state index < -0.39 is 0 Å². The van der Waals surface area contributed by atoms with Crippen molar-refractivity contribution < 1.29 is 0 Å². The quantitative estimate of drug-likeness (QED) is 0.712. The molecular weight excluding hydrogens is 276 g/mol. The Morgan fingerprint density at radius 1 is 1.10 bits per heavy atom. The fraction of sp³-hybridized carbons (Fsp3) is 0.222. The zero-order valence-corrected chi connectivity index (χ0v) is 13.3. The standard InChI is InChI=1S/C18H20N2S/c1-3-19-12-14-8-9-17(13(2)10-14)21-18-11-15-6-4-5-7-16(15)20-18/h4-11,19-20H,3,12H2,1-2H3. The van der Waals surface area contributed by atoms with Gasteiger partial charge in [0.2, 0.25) is 0 Å². The van der Waals surface area contributed by atoms with Gasteiger partial charge in [-0.1, -0.05) is 49.0 Å². The van der Waals surface area contributed by atoms with E-state index in [9.17, 15) is 0 Å². The first kappa shape index (κ1) is 14.2. The highest BCUT2D eigenvalue weighted by Gasteiger charge is 2.05. The van der Waals surface area contributed by atoms with E-state index in [1.54, 1.807) is 11.8 Å². The van der Waals surface area contributed by atoms with Gasteiger partial charge in [-0.3, -0.25) is 0 Å². The van der Waals surface area contributed by atoms with Crippen LogP contribution in [0.25, 0.3) is 10.9 Å². The van der Waals surface area contributed by atoms with Crippen molar-refractivity contribution in [2.24, 2.45) is 0 Å². The molecule has 2 nitrogen and oxygen atoms in total. The zero-order valence-electron chi connectivity index (χ0n) is 12.4. The molecule has 0 bridgehead atoms. The Bertz CT molecular complexity index is 713. The molecule has 1 aromatic heterocycles. The summed E-state index contributed by atoms with van der Waals surface area (Å²) < 4.78 is 0. The summed E-state index contributed by atoms with van der Waals surface area (Å²) in [5, 5.41) is 5.82. The van der Waals surface area contributed by atoms with Crippen LogP contribution < -0.4 is 5.32 Å². The summed E-state index contributed by atoms with van der Waals surface area (Å²) in [6.45, 7) is 6.26. The fourth-order valence-corrected chi connectivity index (χ4v) is 3.37. The van der Waals surface area contributed by atoms with E-state index in [2.05, 4.69) is 72.7 Å². The van der Waals surface area contributed by atoms with Crippen LogP contribution in [0.5, 0.6) is 0 Å². The van der Waals surface area contributed by atoms with Crippen molar-refractivity contribution in [1.29, 1.82) is 0 Å². The number of benzene rings is 2. The van der Waals surface area contributed by atoms with Crippen LogP contribution in [0.1, 0.15) is 18.1 Å². The van der Waals surface area contributed by atoms with Gasteiger partial charge in [0.05, 0.1) is 5.03 Å². The lowest BCUT2D eigenvalue weighted by Gasteiger charge is -2.08. The maximum atomic E-state index is 3.47. The highest BCUT2D eigenvalue weighted by Crippen LogP contribution is 2.32. The molecule has 0 saturated heterocycles. The predicted octanol–water partition coefficient (Wildman–Crippen LogP) is 4.74. The smallest absolute Gasteiger partial charge is 0.0780 e. The first-order chi connectivity index (χ1) is 10.3. The molecule has 0 aliphatic rings. The Balaban J connectivity index is 1.80. The summed E-state index contributed by atoms with van der Waals surface area (Å²) in [5.41, 5.74) is 3.87. The highest BCUT2D eigenvalue weighted by molar-refractivity contribution is 7.99. The SMILES string of the molecule is CCNCc1ccc(Sc2cc3ccccc3[nH]2)c(C)c1. The van der Waals surface area contributed by atoms with Crippen molar-refractivity contribution in [3.05, 3.63) is 59.7 Å². The third-order valence-electron chi connectivity index (χ3n) is 3.54. The lowest BCUT2D eigenvalue weighted by molar-refractivity contribution is 0.726. The maximum Gasteiger partial charge on any atom is 0.0780 e. The van der Waals surface area contributed by atoms with Crippen LogP contribution in [0.2, 0.25) is 0 Å². The summed E-state index contributed by atoms with van der Waals surface area (Å²) in [6.07, 6.45) is 0. The van der Waals surface area contributed by atoms with Crippen LogP contribution in [0.15, 0.2) is 58.5 Å². The van der Waals surface area contributed by atoms with Crippen LogP contribution >= 0.6 is 11.8 Å². The third kappa shape index (κ3) is 3.31. The molecule has 0 saturated carbocycles. The third-order valence-corrected chi connectivity index (χ3v) is 4.66. The van der Waals surface area contributed by atoms with Gasteiger partial charge >= 0.3 is 0 Å². The van der Waals surface area contributed by atoms with Crippen molar-refractivity contribution in [1.82, 2.24) is 10.3 Å². The number of nitrogens with one attached hydrogen (secondary N) is 2. The molecule has 1 heterocycles. The lowest BCUT2D eigenvalue weighted by atomic mass is 10.1. The number of fused-ring (bicyclic) bond motifs is 1. The Labute approximate surface area is 130 Å². The molecule has 0 atom stereocenters. The number of para-hydroxylation sites is 1. The Hall–Kier alpha value is -1.71. The normalized spacial score (nSPS) is 11.1. The molecular formula is C18H20N2S. The summed E-state index contributed by atoms with van der Waals surface area (Å²) in [4.78, 5) is 4.78. The van der Waals surface area contributed by atoms with E-state index in [4.69, 9.17) is 0 Å². The summed E-state index contributed by atoms with van der Waals surface area (Å²) in [6, 6.07) is 17.3. The second-order valence-corrected chi connectivity index (χ2v) is 6.29. The average molecular weight is 296 g/mol. The molecule has 0 amide bonds. The van der Waals surface area contributed by atoms with Crippen LogP contribution in [0.4, 0.5) is 0 Å². The molecule has 0 radical (unpaired) electrons. The van der Waals surface area contributed by atoms with Gasteiger partial charge in [0.25, 0.3) is 0 Å². The molecule has 0 aliphatic carbocycles. The van der Waals surface area contributed by atoms with Crippen LogP contribution in [0.3, 0.4) is 0 Å². The molecule has 2 N–H and O–H groups in total. The second-order valence-electron chi connectivity index (χ2n) is 5.20. The molecule has 3 aromatic rings. The van der Waals surface area contributed by atoms with Crippen molar-refractivity contribution in [2.75, 3.05) is 6.54 Å². The first-order valence-corrected chi connectivity index (χ1v) is 8.14. The van der Waals surface area contributed by atoms with Crippen LogP contribution in [-0.4, -0.2) is 11.5 Å². The van der Waals surface area contributed by atoms with Gasteiger partial charge in [-0.05, 0) is 42.8 Å². The number of aryl methyl sites for hydroxylation is 1. The zero-order chi connectivity index (χ0) is 14.7. The van der Waals surface area contributed by atoms with E-state index in [0.29, 0.717) is 0 Å². The minimum absolute atomic E-state index is 0.939. The van der Waals surface area contributed by atoms with E-state index in [1.165, 1.54) is 32.0 Å². The van der Waals surface area contributed by atoms with Gasteiger partial charge in [0.1, 0.15) is 0 Å². The number of H-pyrrole nitrogens is 1. The molecule has 0 fully saturated rings. The maximum absolute atomic E-state index is 3.47. The van der Waals surface area contributed by atoms with Gasteiger partial charge in [-0.25, -0.2) is 0 Å². The first-order valence-electron chi connectivity index (χ1n) is 7.32. The van der Waals surface area contributed by atoms with E-state index in [1.807, 2.05) is 0 Å². The number of aromatic nitrogens is 1. The molecule has 3 heteroatoms. The molecule has 0 spiro atoms. The largest absolute Gasteiger partial charge is 0.349 e. The molecule has 3 rings (SSSR count). The summed E-state index contributed by atoms with van der Waals surface area (Å²) in [7, 11) is 0. The van der Waals surface area contributed by atoms with Crippen molar-refractivity contribution in [2.45, 2.75) is 30.3 Å². The number of hydrogen-bond acceptors (Lipinski definition) is 2. The average Bonchev–Trinajstić information content (AvgIpc) is 2.90. The topological polar surface area (TPSA) is 27.8 Å². The molecule has 108 valence electrons. The van der Waals surface area contributed by atoms with Crippen molar-refractivity contribution in [3.63, 3.8) is 0 Å². The Morgan fingerprint density at radius 2 is 1.95 bits per heavy atom. The number of aromatic amines is 1. The van der Waals surface area contributed by atoms with Crippen LogP contribution in [0, 0.1) is 6.92 Å². The van der Waals surface area contributed by atoms with Gasteiger partial charge in [-0.15, -0.1) is 0 Å². The molecule has 0 aliphatic heterocycles. The lowest BCUT2D eigenvalue weighted by Crippen LogP contribution is -2.11. The van der Waals surface area contributed by atoms with Crippen LogP contribution in [-0.2, 0) is 6.54 Å². The van der Waals surface area contributed by atoms with Crippen molar-refractivity contribution >= 4 is 22.7 Å². The highest BCUT2D eigenvalue weighted by atomic mass is 32.2. The van der Waals surface area contributed by atoms with Crippen molar-refractivity contribution in [3.8, 4) is 0 Å². The minimum Gasteiger partial charge on any atom is -0.349 e. The fourth-order valence-electron chi connectivity index (χ4n) is 2.43. The van der Waals surface area contributed by atoms with Gasteiger partial charge in [-0.2, -0.15) is 0 Å². The van der Waals surface area contributed by atoms with E-state index >= 15 is 0 Å². The van der Waals surface area contributed by atoms with E-state index in [0.717, 1.165) is 13.1 Å². The predicted molar refractivity (Wildman–Crippen MR) is 91.0 cm³/mol. The molecule has 21 heavy (non-hydrogen) atoms. The number of rotatable bonds is 5. The van der Waals surface area contributed by atoms with Gasteiger partial charge in [0, 0.05) is 22.3 Å². The van der Waals surface area contributed by atoms with Gasteiger partial charge in [0.15, 0.2) is 0 Å². The second kappa shape index (κ2) is 6.37. The Kier molecular flexibility index (Phi) is 4.32. The minimum atomic E-state index is 0.939. The Morgan fingerprint density at radius 3 is 2.71 bits per heavy atom.